The quantitative estimate of drug-likeness (QED) is 0.497. The van der Waals surface area contributed by atoms with E-state index in [0.29, 0.717) is 5.52 Å². The summed E-state index contributed by atoms with van der Waals surface area (Å²) in [6.07, 6.45) is 0. The van der Waals surface area contributed by atoms with Crippen LogP contribution in [0, 0.1) is 5.82 Å². The summed E-state index contributed by atoms with van der Waals surface area (Å²) < 4.78 is 15.8. The molecule has 0 saturated carbocycles. The highest BCUT2D eigenvalue weighted by atomic mass is 19.1. The minimum Gasteiger partial charge on any atom is -0.273 e. The van der Waals surface area contributed by atoms with Crippen molar-refractivity contribution in [2.24, 2.45) is 0 Å². The molecule has 0 fully saturated rings. The number of nitrogens with zero attached hydrogens (tertiary/aromatic N) is 2. The van der Waals surface area contributed by atoms with Crippen LogP contribution in [0.5, 0.6) is 0 Å². The highest BCUT2D eigenvalue weighted by Crippen LogP contribution is 2.31. The molecule has 4 heteroatoms. The molecule has 4 aromatic rings. The molecule has 0 unspecified atom stereocenters. The van der Waals surface area contributed by atoms with E-state index < -0.39 is 0 Å². The predicted molar refractivity (Wildman–Crippen MR) is 102 cm³/mol. The second-order valence-electron chi connectivity index (χ2n) is 6.08. The Balaban J connectivity index is 2.06. The average molecular weight is 344 g/mol. The lowest BCUT2D eigenvalue weighted by molar-refractivity contribution is -0.117. The monoisotopic (exact) mass is 344 g/mol. The van der Waals surface area contributed by atoms with Crippen LogP contribution < -0.4 is 5.01 Å². The van der Waals surface area contributed by atoms with E-state index in [1.54, 1.807) is 15.8 Å². The third-order valence-corrected chi connectivity index (χ3v) is 4.31. The topological polar surface area (TPSA) is 25.2 Å². The normalized spacial score (nSPS) is 10.8. The average Bonchev–Trinajstić information content (AvgIpc) is 3.02. The second-order valence-corrected chi connectivity index (χ2v) is 6.08. The maximum atomic E-state index is 14.0. The Morgan fingerprint density at radius 3 is 2.19 bits per heavy atom. The molecule has 0 atom stereocenters. The number of benzene rings is 3. The zero-order valence-corrected chi connectivity index (χ0v) is 14.3. The number of amides is 1. The molecular formula is C22H17FN2O. The van der Waals surface area contributed by atoms with Gasteiger partial charge in [0.1, 0.15) is 5.82 Å². The lowest BCUT2D eigenvalue weighted by Crippen LogP contribution is -2.34. The maximum absolute atomic E-state index is 14.0. The molecule has 26 heavy (non-hydrogen) atoms. The lowest BCUT2D eigenvalue weighted by atomic mass is 10.1. The molecule has 3 nitrogen and oxygen atoms in total. The van der Waals surface area contributed by atoms with Crippen LogP contribution in [0.4, 0.5) is 10.1 Å². The van der Waals surface area contributed by atoms with Crippen LogP contribution in [0.15, 0.2) is 84.9 Å². The van der Waals surface area contributed by atoms with E-state index in [0.717, 1.165) is 22.3 Å². The molecule has 1 aromatic heterocycles. The third-order valence-electron chi connectivity index (χ3n) is 4.31. The standard InChI is InChI=1S/C22H17FN2O/c1-16(26)24(20-10-6-3-7-11-20)25-21(17-8-4-2-5-9-17)14-18-12-13-19(23)15-22(18)25/h2-15H,1H3. The maximum Gasteiger partial charge on any atom is 0.243 e. The second kappa shape index (κ2) is 6.48. The zero-order valence-electron chi connectivity index (χ0n) is 14.3. The Labute approximate surface area is 150 Å². The largest absolute Gasteiger partial charge is 0.273 e. The molecule has 0 aliphatic rings. The Morgan fingerprint density at radius 1 is 0.885 bits per heavy atom. The molecule has 0 spiro atoms. The molecule has 0 aliphatic heterocycles. The Hall–Kier alpha value is -3.40. The molecule has 1 heterocycles. The summed E-state index contributed by atoms with van der Waals surface area (Å²) in [7, 11) is 0. The van der Waals surface area contributed by atoms with Gasteiger partial charge in [-0.3, -0.25) is 4.79 Å². The van der Waals surface area contributed by atoms with E-state index >= 15 is 0 Å². The van der Waals surface area contributed by atoms with Crippen LogP contribution in [0.2, 0.25) is 0 Å². The minimum atomic E-state index is -0.340. The van der Waals surface area contributed by atoms with Crippen molar-refractivity contribution in [2.75, 3.05) is 5.01 Å². The minimum absolute atomic E-state index is 0.157. The molecule has 0 radical (unpaired) electrons. The van der Waals surface area contributed by atoms with Crippen molar-refractivity contribution in [1.82, 2.24) is 4.68 Å². The van der Waals surface area contributed by atoms with Crippen molar-refractivity contribution in [2.45, 2.75) is 6.92 Å². The number of carbonyl (C=O) groups is 1. The van der Waals surface area contributed by atoms with Crippen molar-refractivity contribution in [1.29, 1.82) is 0 Å². The number of aromatic nitrogens is 1. The fourth-order valence-corrected chi connectivity index (χ4v) is 3.20. The van der Waals surface area contributed by atoms with Gasteiger partial charge in [0.15, 0.2) is 0 Å². The SMILES string of the molecule is CC(=O)N(c1ccccc1)n1c(-c2ccccc2)cc2ccc(F)cc21. The molecular weight excluding hydrogens is 327 g/mol. The smallest absolute Gasteiger partial charge is 0.243 e. The van der Waals surface area contributed by atoms with Gasteiger partial charge in [0.25, 0.3) is 0 Å². The van der Waals surface area contributed by atoms with Crippen LogP contribution in [0.3, 0.4) is 0 Å². The number of halogens is 1. The van der Waals surface area contributed by atoms with Gasteiger partial charge in [-0.1, -0.05) is 48.5 Å². The van der Waals surface area contributed by atoms with Crippen LogP contribution in [-0.4, -0.2) is 10.6 Å². The van der Waals surface area contributed by atoms with Gasteiger partial charge in [0.2, 0.25) is 5.91 Å². The van der Waals surface area contributed by atoms with Gasteiger partial charge >= 0.3 is 0 Å². The molecule has 0 bridgehead atoms. The van der Waals surface area contributed by atoms with Gasteiger partial charge in [-0.15, -0.1) is 0 Å². The Bertz CT molecular complexity index is 1070. The summed E-state index contributed by atoms with van der Waals surface area (Å²) in [6.45, 7) is 1.51. The first kappa shape index (κ1) is 16.1. The van der Waals surface area contributed by atoms with Crippen molar-refractivity contribution >= 4 is 22.5 Å². The summed E-state index contributed by atoms with van der Waals surface area (Å²) in [5.41, 5.74) is 3.14. The number of fused-ring (bicyclic) bond motifs is 1. The predicted octanol–water partition coefficient (Wildman–Crippen LogP) is 5.26. The molecule has 128 valence electrons. The summed E-state index contributed by atoms with van der Waals surface area (Å²) in [5.74, 6) is -0.497. The van der Waals surface area contributed by atoms with Crippen molar-refractivity contribution in [3.05, 3.63) is 90.7 Å². The summed E-state index contributed by atoms with van der Waals surface area (Å²) in [5, 5.41) is 2.44. The first-order chi connectivity index (χ1) is 12.6. The number of rotatable bonds is 3. The van der Waals surface area contributed by atoms with E-state index in [4.69, 9.17) is 0 Å². The van der Waals surface area contributed by atoms with Crippen LogP contribution in [0.1, 0.15) is 6.92 Å². The van der Waals surface area contributed by atoms with Crippen molar-refractivity contribution < 1.29 is 9.18 Å². The van der Waals surface area contributed by atoms with E-state index in [1.807, 2.05) is 66.7 Å². The molecule has 4 rings (SSSR count). The first-order valence-electron chi connectivity index (χ1n) is 8.37. The summed E-state index contributed by atoms with van der Waals surface area (Å²) in [4.78, 5) is 12.6. The third kappa shape index (κ3) is 2.75. The highest BCUT2D eigenvalue weighted by Gasteiger charge is 2.21. The molecule has 3 aromatic carbocycles. The molecule has 0 aliphatic carbocycles. The molecule has 1 amide bonds. The van der Waals surface area contributed by atoms with Gasteiger partial charge in [0, 0.05) is 23.9 Å². The zero-order chi connectivity index (χ0) is 18.1. The van der Waals surface area contributed by atoms with E-state index in [-0.39, 0.29) is 11.7 Å². The van der Waals surface area contributed by atoms with E-state index in [2.05, 4.69) is 0 Å². The van der Waals surface area contributed by atoms with Crippen LogP contribution >= 0.6 is 0 Å². The first-order valence-corrected chi connectivity index (χ1v) is 8.37. The fourth-order valence-electron chi connectivity index (χ4n) is 3.20. The van der Waals surface area contributed by atoms with E-state index in [1.165, 1.54) is 19.1 Å². The molecule has 0 N–H and O–H groups in total. The number of para-hydroxylation sites is 1. The number of hydrogen-bond acceptors (Lipinski definition) is 1. The van der Waals surface area contributed by atoms with Gasteiger partial charge < -0.3 is 0 Å². The van der Waals surface area contributed by atoms with Gasteiger partial charge in [-0.25, -0.2) is 14.1 Å². The lowest BCUT2D eigenvalue weighted by Gasteiger charge is -2.26. The van der Waals surface area contributed by atoms with Gasteiger partial charge in [0.05, 0.1) is 16.9 Å². The van der Waals surface area contributed by atoms with Crippen molar-refractivity contribution in [3.63, 3.8) is 0 Å². The van der Waals surface area contributed by atoms with Crippen molar-refractivity contribution in [3.8, 4) is 11.3 Å². The number of hydrogen-bond donors (Lipinski definition) is 0. The number of anilines is 1. The van der Waals surface area contributed by atoms with Crippen LogP contribution in [0.25, 0.3) is 22.2 Å². The Morgan fingerprint density at radius 2 is 1.54 bits per heavy atom. The van der Waals surface area contributed by atoms with Gasteiger partial charge in [-0.2, -0.15) is 0 Å². The van der Waals surface area contributed by atoms with Gasteiger partial charge in [-0.05, 0) is 30.3 Å². The summed E-state index contributed by atoms with van der Waals surface area (Å²) >= 11 is 0. The summed E-state index contributed by atoms with van der Waals surface area (Å²) in [6, 6.07) is 25.8. The number of carbonyl (C=O) groups excluding carboxylic acids is 1. The fraction of sp³-hybridized carbons (Fsp3) is 0.0455. The Kier molecular flexibility index (Phi) is 4.01. The van der Waals surface area contributed by atoms with Crippen LogP contribution in [-0.2, 0) is 4.79 Å². The highest BCUT2D eigenvalue weighted by molar-refractivity contribution is 5.96. The van der Waals surface area contributed by atoms with E-state index in [9.17, 15) is 9.18 Å². The molecule has 0 saturated heterocycles.